The highest BCUT2D eigenvalue weighted by Gasteiger charge is 2.18. The van der Waals surface area contributed by atoms with Crippen LogP contribution in [0.4, 0.5) is 4.39 Å². The molecule has 2 unspecified atom stereocenters. The number of nitrogens with one attached hydrogen (secondary N) is 2. The molecule has 2 atom stereocenters. The fourth-order valence-electron chi connectivity index (χ4n) is 2.24. The lowest BCUT2D eigenvalue weighted by molar-refractivity contribution is -0.122. The van der Waals surface area contributed by atoms with Crippen LogP contribution in [0.15, 0.2) is 24.3 Å². The van der Waals surface area contributed by atoms with Crippen molar-refractivity contribution in [1.29, 1.82) is 0 Å². The van der Waals surface area contributed by atoms with Crippen molar-refractivity contribution in [3.63, 3.8) is 0 Å². The lowest BCUT2D eigenvalue weighted by atomic mass is 10.1. The Hall–Kier alpha value is -1.17. The van der Waals surface area contributed by atoms with Crippen LogP contribution in [0.2, 0.25) is 0 Å². The van der Waals surface area contributed by atoms with E-state index in [4.69, 9.17) is 0 Å². The molecule has 1 amide bonds. The van der Waals surface area contributed by atoms with E-state index in [-0.39, 0.29) is 36.7 Å². The summed E-state index contributed by atoms with van der Waals surface area (Å²) >= 11 is 0. The van der Waals surface area contributed by atoms with Crippen LogP contribution in [0.1, 0.15) is 30.9 Å². The highest BCUT2D eigenvalue weighted by Crippen LogP contribution is 2.13. The molecular formula is C14H20ClFN2O2. The van der Waals surface area contributed by atoms with Gasteiger partial charge in [-0.2, -0.15) is 0 Å². The normalized spacial score (nSPS) is 19.2. The highest BCUT2D eigenvalue weighted by molar-refractivity contribution is 5.85. The quantitative estimate of drug-likeness (QED) is 0.773. The van der Waals surface area contributed by atoms with Crippen molar-refractivity contribution in [2.45, 2.75) is 31.4 Å². The Bertz CT molecular complexity index is 422. The molecule has 6 heteroatoms. The van der Waals surface area contributed by atoms with Crippen molar-refractivity contribution in [2.75, 3.05) is 13.1 Å². The number of hydrogen-bond donors (Lipinski definition) is 3. The van der Waals surface area contributed by atoms with Gasteiger partial charge in [0.25, 0.3) is 0 Å². The molecule has 1 aliphatic rings. The van der Waals surface area contributed by atoms with Crippen molar-refractivity contribution in [3.05, 3.63) is 35.6 Å². The maximum Gasteiger partial charge on any atom is 0.221 e. The first-order chi connectivity index (χ1) is 9.15. The van der Waals surface area contributed by atoms with Crippen LogP contribution in [0, 0.1) is 5.82 Å². The molecule has 0 saturated carbocycles. The third-order valence-corrected chi connectivity index (χ3v) is 3.34. The maximum absolute atomic E-state index is 12.7. The first kappa shape index (κ1) is 16.9. The Morgan fingerprint density at radius 1 is 1.45 bits per heavy atom. The zero-order valence-corrected chi connectivity index (χ0v) is 12.0. The van der Waals surface area contributed by atoms with Crippen LogP contribution >= 0.6 is 12.4 Å². The van der Waals surface area contributed by atoms with Gasteiger partial charge in [-0.05, 0) is 37.1 Å². The fraction of sp³-hybridized carbons (Fsp3) is 0.500. The van der Waals surface area contributed by atoms with Gasteiger partial charge < -0.3 is 15.7 Å². The number of amides is 1. The number of hydrogen-bond acceptors (Lipinski definition) is 3. The molecule has 1 aliphatic heterocycles. The first-order valence-corrected chi connectivity index (χ1v) is 6.59. The molecule has 112 valence electrons. The number of halogens is 2. The summed E-state index contributed by atoms with van der Waals surface area (Å²) in [5.74, 6) is -0.409. The number of aliphatic hydroxyl groups excluding tert-OH is 1. The van der Waals surface area contributed by atoms with Gasteiger partial charge in [0.2, 0.25) is 5.91 Å². The molecule has 1 aromatic carbocycles. The van der Waals surface area contributed by atoms with Gasteiger partial charge in [-0.25, -0.2) is 4.39 Å². The van der Waals surface area contributed by atoms with Crippen LogP contribution in [-0.4, -0.2) is 30.1 Å². The topological polar surface area (TPSA) is 61.4 Å². The van der Waals surface area contributed by atoms with E-state index in [2.05, 4.69) is 10.6 Å². The smallest absolute Gasteiger partial charge is 0.221 e. The Balaban J connectivity index is 0.00000200. The zero-order valence-electron chi connectivity index (χ0n) is 11.1. The molecule has 4 nitrogen and oxygen atoms in total. The van der Waals surface area contributed by atoms with Gasteiger partial charge in [0.15, 0.2) is 0 Å². The maximum atomic E-state index is 12.7. The Morgan fingerprint density at radius 3 is 2.75 bits per heavy atom. The van der Waals surface area contributed by atoms with E-state index in [9.17, 15) is 14.3 Å². The average Bonchev–Trinajstić information content (AvgIpc) is 2.89. The summed E-state index contributed by atoms with van der Waals surface area (Å²) in [4.78, 5) is 11.7. The molecule has 0 aliphatic carbocycles. The zero-order chi connectivity index (χ0) is 13.7. The van der Waals surface area contributed by atoms with Crippen molar-refractivity contribution in [2.24, 2.45) is 0 Å². The van der Waals surface area contributed by atoms with Gasteiger partial charge in [-0.3, -0.25) is 4.79 Å². The minimum Gasteiger partial charge on any atom is -0.387 e. The molecule has 0 bridgehead atoms. The monoisotopic (exact) mass is 302 g/mol. The summed E-state index contributed by atoms with van der Waals surface area (Å²) in [5, 5.41) is 15.8. The van der Waals surface area contributed by atoms with Crippen LogP contribution in [-0.2, 0) is 4.79 Å². The van der Waals surface area contributed by atoms with Crippen molar-refractivity contribution in [3.8, 4) is 0 Å². The highest BCUT2D eigenvalue weighted by atomic mass is 35.5. The number of carbonyl (C=O) groups excluding carboxylic acids is 1. The molecule has 0 spiro atoms. The minimum absolute atomic E-state index is 0. The third kappa shape index (κ3) is 5.07. The summed E-state index contributed by atoms with van der Waals surface area (Å²) in [7, 11) is 0. The van der Waals surface area contributed by atoms with E-state index in [0.29, 0.717) is 12.0 Å². The largest absolute Gasteiger partial charge is 0.387 e. The third-order valence-electron chi connectivity index (χ3n) is 3.34. The van der Waals surface area contributed by atoms with Crippen molar-refractivity contribution >= 4 is 18.3 Å². The van der Waals surface area contributed by atoms with E-state index in [1.165, 1.54) is 24.3 Å². The van der Waals surface area contributed by atoms with Crippen LogP contribution < -0.4 is 10.6 Å². The molecule has 3 N–H and O–H groups in total. The Kier molecular flexibility index (Phi) is 6.91. The standard InChI is InChI=1S/C14H19FN2O2.ClH/c15-11-5-3-10(4-6-11)13(18)9-17-14(19)8-12-2-1-7-16-12;/h3-6,12-13,16,18H,1-2,7-9H2,(H,17,19);1H. The second-order valence-corrected chi connectivity index (χ2v) is 4.87. The van der Waals surface area contributed by atoms with Crippen molar-refractivity contribution < 1.29 is 14.3 Å². The van der Waals surface area contributed by atoms with Crippen LogP contribution in [0.5, 0.6) is 0 Å². The van der Waals surface area contributed by atoms with E-state index in [1.807, 2.05) is 0 Å². The molecule has 0 aromatic heterocycles. The summed E-state index contributed by atoms with van der Waals surface area (Å²) in [6.45, 7) is 1.12. The fourth-order valence-corrected chi connectivity index (χ4v) is 2.24. The van der Waals surface area contributed by atoms with E-state index >= 15 is 0 Å². The molecule has 2 rings (SSSR count). The predicted octanol–water partition coefficient (Wildman–Crippen LogP) is 1.54. The molecule has 20 heavy (non-hydrogen) atoms. The molecule has 1 heterocycles. The van der Waals surface area contributed by atoms with E-state index < -0.39 is 6.10 Å². The summed E-state index contributed by atoms with van der Waals surface area (Å²) in [6.07, 6.45) is 1.77. The van der Waals surface area contributed by atoms with Gasteiger partial charge >= 0.3 is 0 Å². The van der Waals surface area contributed by atoms with E-state index in [1.54, 1.807) is 0 Å². The minimum atomic E-state index is -0.805. The van der Waals surface area contributed by atoms with Gasteiger partial charge in [-0.1, -0.05) is 12.1 Å². The van der Waals surface area contributed by atoms with Crippen LogP contribution in [0.25, 0.3) is 0 Å². The number of carbonyl (C=O) groups is 1. The first-order valence-electron chi connectivity index (χ1n) is 6.59. The summed E-state index contributed by atoms with van der Waals surface area (Å²) < 4.78 is 12.7. The molecule has 1 saturated heterocycles. The molecule has 0 radical (unpaired) electrons. The Labute approximate surface area is 124 Å². The molecule has 1 fully saturated rings. The second kappa shape index (κ2) is 8.19. The second-order valence-electron chi connectivity index (χ2n) is 4.87. The molecule has 1 aromatic rings. The van der Waals surface area contributed by atoms with Gasteiger partial charge in [0.1, 0.15) is 5.82 Å². The predicted molar refractivity (Wildman–Crippen MR) is 77.3 cm³/mol. The number of benzene rings is 1. The SMILES string of the molecule is Cl.O=C(CC1CCCN1)NCC(O)c1ccc(F)cc1. The molecular weight excluding hydrogens is 283 g/mol. The summed E-state index contributed by atoms with van der Waals surface area (Å²) in [5.41, 5.74) is 0.598. The van der Waals surface area contributed by atoms with Crippen molar-refractivity contribution in [1.82, 2.24) is 10.6 Å². The lowest BCUT2D eigenvalue weighted by Gasteiger charge is -2.14. The van der Waals surface area contributed by atoms with Gasteiger partial charge in [0.05, 0.1) is 6.10 Å². The van der Waals surface area contributed by atoms with Gasteiger partial charge in [0, 0.05) is 19.0 Å². The van der Waals surface area contributed by atoms with E-state index in [0.717, 1.165) is 19.4 Å². The Morgan fingerprint density at radius 2 is 2.15 bits per heavy atom. The summed E-state index contributed by atoms with van der Waals surface area (Å²) in [6, 6.07) is 5.88. The number of rotatable bonds is 5. The average molecular weight is 303 g/mol. The lowest BCUT2D eigenvalue weighted by Crippen LogP contribution is -2.34. The van der Waals surface area contributed by atoms with Gasteiger partial charge in [-0.15, -0.1) is 12.4 Å². The van der Waals surface area contributed by atoms with Crippen LogP contribution in [0.3, 0.4) is 0 Å². The number of aliphatic hydroxyl groups is 1.